The molecule has 3 rings (SSSR count). The Morgan fingerprint density at radius 2 is 2.10 bits per heavy atom. The van der Waals surface area contributed by atoms with Gasteiger partial charge in [0.2, 0.25) is 0 Å². The molecule has 1 aliphatic rings. The molecule has 1 aliphatic carbocycles. The summed E-state index contributed by atoms with van der Waals surface area (Å²) in [7, 11) is 0. The van der Waals surface area contributed by atoms with Gasteiger partial charge >= 0.3 is 5.97 Å². The number of hydrogen-bond donors (Lipinski definition) is 0. The minimum Gasteiger partial charge on any atom is -0.465 e. The third-order valence-corrected chi connectivity index (χ3v) is 4.59. The number of fused-ring (bicyclic) bond motifs is 1. The van der Waals surface area contributed by atoms with E-state index in [0.29, 0.717) is 11.5 Å². The lowest BCUT2D eigenvalue weighted by Crippen LogP contribution is -2.37. The largest absolute Gasteiger partial charge is 0.465 e. The van der Waals surface area contributed by atoms with Crippen molar-refractivity contribution in [2.45, 2.75) is 25.8 Å². The summed E-state index contributed by atoms with van der Waals surface area (Å²) in [5.41, 5.74) is 0. The molecule has 0 spiro atoms. The summed E-state index contributed by atoms with van der Waals surface area (Å²) in [5.74, 6) is -0.398. The average Bonchev–Trinajstić information content (AvgIpc) is 3.22. The van der Waals surface area contributed by atoms with E-state index in [1.54, 1.807) is 11.8 Å². The number of benzene rings is 1. The number of thiophene rings is 1. The quantitative estimate of drug-likeness (QED) is 0.798. The molecule has 0 N–H and O–H groups in total. The molecule has 4 nitrogen and oxygen atoms in total. The van der Waals surface area contributed by atoms with Crippen molar-refractivity contribution < 1.29 is 14.3 Å². The highest BCUT2D eigenvalue weighted by Gasteiger charge is 2.35. The SMILES string of the molecule is CCOC(=O)CN(C(=O)c1cc2ccccc2s1)C1CC1. The van der Waals surface area contributed by atoms with Crippen molar-refractivity contribution >= 4 is 33.3 Å². The van der Waals surface area contributed by atoms with Crippen LogP contribution in [0, 0.1) is 0 Å². The Morgan fingerprint density at radius 3 is 2.76 bits per heavy atom. The molecule has 0 saturated heterocycles. The van der Waals surface area contributed by atoms with Crippen LogP contribution in [0.5, 0.6) is 0 Å². The summed E-state index contributed by atoms with van der Waals surface area (Å²) >= 11 is 1.48. The van der Waals surface area contributed by atoms with Gasteiger partial charge in [0.1, 0.15) is 6.54 Å². The molecule has 1 fully saturated rings. The zero-order valence-corrected chi connectivity index (χ0v) is 12.7. The number of carbonyl (C=O) groups is 2. The Balaban J connectivity index is 1.81. The van der Waals surface area contributed by atoms with Gasteiger partial charge in [-0.2, -0.15) is 0 Å². The molecule has 1 amide bonds. The zero-order chi connectivity index (χ0) is 14.8. The van der Waals surface area contributed by atoms with Crippen molar-refractivity contribution in [1.29, 1.82) is 0 Å². The van der Waals surface area contributed by atoms with Gasteiger partial charge in [-0.05, 0) is 37.3 Å². The van der Waals surface area contributed by atoms with Gasteiger partial charge in [0.05, 0.1) is 11.5 Å². The maximum atomic E-state index is 12.7. The van der Waals surface area contributed by atoms with Crippen LogP contribution in [0.1, 0.15) is 29.4 Å². The first kappa shape index (κ1) is 14.1. The number of rotatable bonds is 5. The Hall–Kier alpha value is -1.88. The maximum Gasteiger partial charge on any atom is 0.325 e. The summed E-state index contributed by atoms with van der Waals surface area (Å²) in [6.07, 6.45) is 1.94. The van der Waals surface area contributed by atoms with Gasteiger partial charge in [-0.15, -0.1) is 11.3 Å². The zero-order valence-electron chi connectivity index (χ0n) is 11.9. The van der Waals surface area contributed by atoms with E-state index in [1.165, 1.54) is 11.3 Å². The molecular weight excluding hydrogens is 286 g/mol. The van der Waals surface area contributed by atoms with E-state index in [1.807, 2.05) is 30.3 Å². The van der Waals surface area contributed by atoms with Gasteiger partial charge in [-0.1, -0.05) is 18.2 Å². The number of esters is 1. The van der Waals surface area contributed by atoms with E-state index < -0.39 is 0 Å². The Labute approximate surface area is 127 Å². The Kier molecular flexibility index (Phi) is 3.92. The van der Waals surface area contributed by atoms with Crippen LogP contribution < -0.4 is 0 Å². The molecule has 21 heavy (non-hydrogen) atoms. The van der Waals surface area contributed by atoms with Crippen LogP contribution in [0.2, 0.25) is 0 Å². The highest BCUT2D eigenvalue weighted by molar-refractivity contribution is 7.20. The molecule has 0 unspecified atom stereocenters. The second kappa shape index (κ2) is 5.85. The van der Waals surface area contributed by atoms with E-state index in [0.717, 1.165) is 22.9 Å². The fourth-order valence-electron chi connectivity index (χ4n) is 2.33. The van der Waals surface area contributed by atoms with E-state index in [-0.39, 0.29) is 24.5 Å². The second-order valence-corrected chi connectivity index (χ2v) is 6.20. The molecule has 2 aromatic rings. The smallest absolute Gasteiger partial charge is 0.325 e. The molecule has 0 aliphatic heterocycles. The van der Waals surface area contributed by atoms with Crippen LogP contribution in [0.15, 0.2) is 30.3 Å². The van der Waals surface area contributed by atoms with Crippen molar-refractivity contribution in [1.82, 2.24) is 4.90 Å². The molecular formula is C16H17NO3S. The van der Waals surface area contributed by atoms with Crippen LogP contribution in [-0.2, 0) is 9.53 Å². The van der Waals surface area contributed by atoms with Crippen molar-refractivity contribution in [3.05, 3.63) is 35.2 Å². The summed E-state index contributed by atoms with van der Waals surface area (Å²) in [6.45, 7) is 2.16. The Morgan fingerprint density at radius 1 is 1.33 bits per heavy atom. The number of nitrogens with zero attached hydrogens (tertiary/aromatic N) is 1. The molecule has 0 atom stereocenters. The van der Waals surface area contributed by atoms with Gasteiger partial charge < -0.3 is 9.64 Å². The summed E-state index contributed by atoms with van der Waals surface area (Å²) < 4.78 is 6.06. The van der Waals surface area contributed by atoms with Crippen molar-refractivity contribution in [2.24, 2.45) is 0 Å². The minimum atomic E-state index is -0.334. The highest BCUT2D eigenvalue weighted by Crippen LogP contribution is 2.31. The lowest BCUT2D eigenvalue weighted by Gasteiger charge is -2.20. The third-order valence-electron chi connectivity index (χ3n) is 3.49. The average molecular weight is 303 g/mol. The van der Waals surface area contributed by atoms with Crippen molar-refractivity contribution in [2.75, 3.05) is 13.2 Å². The number of carbonyl (C=O) groups excluding carboxylic acids is 2. The fraction of sp³-hybridized carbons (Fsp3) is 0.375. The number of ether oxygens (including phenoxy) is 1. The summed E-state index contributed by atoms with van der Waals surface area (Å²) in [4.78, 5) is 26.7. The Bertz CT molecular complexity index is 642. The molecule has 1 saturated carbocycles. The summed E-state index contributed by atoms with van der Waals surface area (Å²) in [6, 6.07) is 10.0. The van der Waals surface area contributed by atoms with Gasteiger partial charge in [-0.25, -0.2) is 0 Å². The lowest BCUT2D eigenvalue weighted by atomic mass is 10.2. The van der Waals surface area contributed by atoms with Crippen LogP contribution >= 0.6 is 11.3 Å². The van der Waals surface area contributed by atoms with E-state index in [4.69, 9.17) is 4.74 Å². The monoisotopic (exact) mass is 303 g/mol. The van der Waals surface area contributed by atoms with Gasteiger partial charge in [0.25, 0.3) is 5.91 Å². The lowest BCUT2D eigenvalue weighted by molar-refractivity contribution is -0.143. The van der Waals surface area contributed by atoms with E-state index >= 15 is 0 Å². The molecule has 5 heteroatoms. The molecule has 0 radical (unpaired) electrons. The predicted molar refractivity (Wildman–Crippen MR) is 82.5 cm³/mol. The van der Waals surface area contributed by atoms with E-state index in [9.17, 15) is 9.59 Å². The molecule has 1 heterocycles. The third kappa shape index (κ3) is 3.08. The molecule has 0 bridgehead atoms. The topological polar surface area (TPSA) is 46.6 Å². The normalized spacial score (nSPS) is 14.1. The molecule has 1 aromatic carbocycles. The highest BCUT2D eigenvalue weighted by atomic mass is 32.1. The summed E-state index contributed by atoms with van der Waals surface area (Å²) in [5, 5.41) is 1.07. The minimum absolute atomic E-state index is 0.0472. The first-order chi connectivity index (χ1) is 10.2. The van der Waals surface area contributed by atoms with Crippen LogP contribution in [0.25, 0.3) is 10.1 Å². The van der Waals surface area contributed by atoms with Crippen LogP contribution in [0.4, 0.5) is 0 Å². The fourth-order valence-corrected chi connectivity index (χ4v) is 3.35. The first-order valence-corrected chi connectivity index (χ1v) is 7.96. The maximum absolute atomic E-state index is 12.7. The predicted octanol–water partition coefficient (Wildman–Crippen LogP) is 3.07. The van der Waals surface area contributed by atoms with Gasteiger partial charge in [0, 0.05) is 10.7 Å². The van der Waals surface area contributed by atoms with E-state index in [2.05, 4.69) is 0 Å². The standard InChI is InChI=1S/C16H17NO3S/c1-2-20-15(18)10-17(12-7-8-12)16(19)14-9-11-5-3-4-6-13(11)21-14/h3-6,9,12H,2,7-8,10H2,1H3. The van der Waals surface area contributed by atoms with Gasteiger partial charge in [-0.3, -0.25) is 9.59 Å². The molecule has 110 valence electrons. The second-order valence-electron chi connectivity index (χ2n) is 5.12. The van der Waals surface area contributed by atoms with Crippen molar-refractivity contribution in [3.8, 4) is 0 Å². The first-order valence-electron chi connectivity index (χ1n) is 7.14. The van der Waals surface area contributed by atoms with Crippen molar-refractivity contribution in [3.63, 3.8) is 0 Å². The molecule has 1 aromatic heterocycles. The van der Waals surface area contributed by atoms with Gasteiger partial charge in [0.15, 0.2) is 0 Å². The van der Waals surface area contributed by atoms with Crippen LogP contribution in [-0.4, -0.2) is 36.0 Å². The van der Waals surface area contributed by atoms with Crippen LogP contribution in [0.3, 0.4) is 0 Å². The number of amides is 1. The number of hydrogen-bond acceptors (Lipinski definition) is 4.